The molecule has 0 aromatic heterocycles. The minimum atomic E-state index is -0.316. The fourth-order valence-corrected chi connectivity index (χ4v) is 3.25. The summed E-state index contributed by atoms with van der Waals surface area (Å²) in [6, 6.07) is 4.01. The largest absolute Gasteiger partial charge is 0.329 e. The lowest BCUT2D eigenvalue weighted by Gasteiger charge is -2.38. The average molecular weight is 329 g/mol. The molecule has 1 aliphatic heterocycles. The van der Waals surface area contributed by atoms with Gasteiger partial charge >= 0.3 is 0 Å². The molecule has 2 N–H and O–H groups in total. The highest BCUT2D eigenvalue weighted by Crippen LogP contribution is 2.40. The van der Waals surface area contributed by atoms with E-state index in [4.69, 9.17) is 5.73 Å². The Morgan fingerprint density at radius 1 is 1.42 bits per heavy atom. The van der Waals surface area contributed by atoms with Crippen molar-refractivity contribution in [3.8, 4) is 0 Å². The van der Waals surface area contributed by atoms with E-state index in [9.17, 15) is 9.18 Å². The Labute approximate surface area is 121 Å². The molecular formula is C14H18BrFN2O. The van der Waals surface area contributed by atoms with E-state index in [2.05, 4.69) is 15.9 Å². The van der Waals surface area contributed by atoms with Crippen LogP contribution in [0.1, 0.15) is 38.8 Å². The van der Waals surface area contributed by atoms with Gasteiger partial charge < -0.3 is 10.6 Å². The van der Waals surface area contributed by atoms with Gasteiger partial charge in [-0.05, 0) is 38.5 Å². The molecule has 0 aliphatic carbocycles. The molecule has 0 radical (unpaired) electrons. The fourth-order valence-electron chi connectivity index (χ4n) is 2.66. The lowest BCUT2D eigenvalue weighted by Crippen LogP contribution is -2.45. The van der Waals surface area contributed by atoms with Gasteiger partial charge in [-0.15, -0.1) is 0 Å². The lowest BCUT2D eigenvalue weighted by atomic mass is 9.97. The van der Waals surface area contributed by atoms with Crippen molar-refractivity contribution in [2.24, 2.45) is 5.73 Å². The zero-order valence-electron chi connectivity index (χ0n) is 11.3. The van der Waals surface area contributed by atoms with Crippen LogP contribution >= 0.6 is 15.9 Å². The summed E-state index contributed by atoms with van der Waals surface area (Å²) in [5.41, 5.74) is 6.66. The highest BCUT2D eigenvalue weighted by molar-refractivity contribution is 9.10. The van der Waals surface area contributed by atoms with Crippen molar-refractivity contribution in [1.29, 1.82) is 0 Å². The predicted molar refractivity (Wildman–Crippen MR) is 76.0 cm³/mol. The van der Waals surface area contributed by atoms with Gasteiger partial charge in [0.15, 0.2) is 0 Å². The van der Waals surface area contributed by atoms with E-state index >= 15 is 0 Å². The maximum absolute atomic E-state index is 13.2. The Kier molecular flexibility index (Phi) is 3.71. The van der Waals surface area contributed by atoms with Crippen LogP contribution in [-0.2, 0) is 4.79 Å². The molecule has 1 amide bonds. The lowest BCUT2D eigenvalue weighted by molar-refractivity contribution is -0.133. The molecule has 104 valence electrons. The first-order chi connectivity index (χ1) is 8.71. The van der Waals surface area contributed by atoms with E-state index in [-0.39, 0.29) is 29.3 Å². The van der Waals surface area contributed by atoms with E-state index in [1.807, 2.05) is 20.8 Å². The van der Waals surface area contributed by atoms with Crippen LogP contribution in [0.5, 0.6) is 0 Å². The Bertz CT molecular complexity index is 513. The molecule has 2 unspecified atom stereocenters. The van der Waals surface area contributed by atoms with Crippen molar-refractivity contribution < 1.29 is 9.18 Å². The third-order valence-corrected chi connectivity index (χ3v) is 4.05. The molecule has 19 heavy (non-hydrogen) atoms. The summed E-state index contributed by atoms with van der Waals surface area (Å²) in [6.45, 7) is 5.94. The highest BCUT2D eigenvalue weighted by Gasteiger charge is 2.44. The molecule has 2 atom stereocenters. The number of amides is 1. The van der Waals surface area contributed by atoms with E-state index in [1.54, 1.807) is 11.0 Å². The quantitative estimate of drug-likeness (QED) is 0.861. The second kappa shape index (κ2) is 4.87. The van der Waals surface area contributed by atoms with Crippen LogP contribution < -0.4 is 5.73 Å². The monoisotopic (exact) mass is 328 g/mol. The number of nitrogens with two attached hydrogens (primary N) is 1. The van der Waals surface area contributed by atoms with Gasteiger partial charge in [-0.3, -0.25) is 4.79 Å². The van der Waals surface area contributed by atoms with Gasteiger partial charge in [0.1, 0.15) is 5.82 Å². The number of carbonyl (C=O) groups is 1. The summed E-state index contributed by atoms with van der Waals surface area (Å²) in [4.78, 5) is 14.0. The van der Waals surface area contributed by atoms with Crippen molar-refractivity contribution in [3.05, 3.63) is 34.1 Å². The summed E-state index contributed by atoms with van der Waals surface area (Å²) in [6.07, 6.45) is 0.325. The van der Waals surface area contributed by atoms with Crippen LogP contribution in [0.25, 0.3) is 0 Å². The van der Waals surface area contributed by atoms with E-state index in [0.29, 0.717) is 10.9 Å². The van der Waals surface area contributed by atoms with Crippen molar-refractivity contribution in [2.75, 3.05) is 0 Å². The number of hydrogen-bond acceptors (Lipinski definition) is 2. The van der Waals surface area contributed by atoms with Gasteiger partial charge in [0.05, 0.1) is 6.04 Å². The molecule has 1 fully saturated rings. The topological polar surface area (TPSA) is 46.3 Å². The van der Waals surface area contributed by atoms with Gasteiger partial charge in [-0.25, -0.2) is 4.39 Å². The molecule has 0 bridgehead atoms. The molecule has 1 aromatic carbocycles. The summed E-state index contributed by atoms with van der Waals surface area (Å²) in [5.74, 6) is -0.267. The molecule has 1 aliphatic rings. The van der Waals surface area contributed by atoms with Gasteiger partial charge in [0.2, 0.25) is 5.91 Å². The molecule has 1 saturated heterocycles. The third kappa shape index (κ3) is 2.67. The van der Waals surface area contributed by atoms with Crippen molar-refractivity contribution in [1.82, 2.24) is 4.90 Å². The first-order valence-electron chi connectivity index (χ1n) is 6.24. The third-order valence-electron chi connectivity index (χ3n) is 3.37. The van der Waals surface area contributed by atoms with Crippen LogP contribution in [0, 0.1) is 5.82 Å². The van der Waals surface area contributed by atoms with Crippen LogP contribution in [0.15, 0.2) is 22.7 Å². The van der Waals surface area contributed by atoms with E-state index in [0.717, 1.165) is 5.56 Å². The highest BCUT2D eigenvalue weighted by atomic mass is 79.9. The van der Waals surface area contributed by atoms with Crippen molar-refractivity contribution in [3.63, 3.8) is 0 Å². The maximum Gasteiger partial charge on any atom is 0.225 e. The smallest absolute Gasteiger partial charge is 0.225 e. The van der Waals surface area contributed by atoms with Gasteiger partial charge in [0.25, 0.3) is 0 Å². The molecular weight excluding hydrogens is 311 g/mol. The van der Waals surface area contributed by atoms with Crippen molar-refractivity contribution >= 4 is 21.8 Å². The second-order valence-electron chi connectivity index (χ2n) is 5.91. The molecule has 5 heteroatoms. The summed E-state index contributed by atoms with van der Waals surface area (Å²) < 4.78 is 13.8. The SMILES string of the molecule is CC(C)(C)N1C(=O)CC(N)C1c1ccc(F)cc1Br. The number of benzene rings is 1. The molecule has 1 heterocycles. The van der Waals surface area contributed by atoms with Crippen LogP contribution in [0.3, 0.4) is 0 Å². The minimum absolute atomic E-state index is 0.0428. The molecule has 3 nitrogen and oxygen atoms in total. The molecule has 0 saturated carbocycles. The van der Waals surface area contributed by atoms with Gasteiger partial charge in [-0.2, -0.15) is 0 Å². The summed E-state index contributed by atoms with van der Waals surface area (Å²) >= 11 is 3.37. The maximum atomic E-state index is 13.2. The number of nitrogens with zero attached hydrogens (tertiary/aromatic N) is 1. The van der Waals surface area contributed by atoms with Gasteiger partial charge in [0, 0.05) is 22.5 Å². The zero-order chi connectivity index (χ0) is 14.4. The average Bonchev–Trinajstić information content (AvgIpc) is 2.53. The standard InChI is InChI=1S/C14H18BrFN2O/c1-14(2,3)18-12(19)7-11(17)13(18)9-5-4-8(16)6-10(9)15/h4-6,11,13H,7,17H2,1-3H3. The Hall–Kier alpha value is -0.940. The Morgan fingerprint density at radius 3 is 2.58 bits per heavy atom. The van der Waals surface area contributed by atoms with Crippen LogP contribution in [-0.4, -0.2) is 22.4 Å². The predicted octanol–water partition coefficient (Wildman–Crippen LogP) is 2.99. The molecule has 1 aromatic rings. The molecule has 2 rings (SSSR count). The first kappa shape index (κ1) is 14.5. The number of rotatable bonds is 1. The minimum Gasteiger partial charge on any atom is -0.329 e. The zero-order valence-corrected chi connectivity index (χ0v) is 12.9. The van der Waals surface area contributed by atoms with E-state index < -0.39 is 0 Å². The van der Waals surface area contributed by atoms with Crippen LogP contribution in [0.4, 0.5) is 4.39 Å². The number of carbonyl (C=O) groups excluding carboxylic acids is 1. The van der Waals surface area contributed by atoms with Gasteiger partial charge in [-0.1, -0.05) is 22.0 Å². The first-order valence-corrected chi connectivity index (χ1v) is 7.04. The number of halogens is 2. The van der Waals surface area contributed by atoms with Crippen molar-refractivity contribution in [2.45, 2.75) is 44.8 Å². The molecule has 0 spiro atoms. The fraction of sp³-hybridized carbons (Fsp3) is 0.500. The normalized spacial score (nSPS) is 24.1. The number of hydrogen-bond donors (Lipinski definition) is 1. The van der Waals surface area contributed by atoms with E-state index in [1.165, 1.54) is 12.1 Å². The summed E-state index contributed by atoms with van der Waals surface area (Å²) in [7, 11) is 0. The van der Waals surface area contributed by atoms with Crippen LogP contribution in [0.2, 0.25) is 0 Å². The summed E-state index contributed by atoms with van der Waals surface area (Å²) in [5, 5.41) is 0. The number of likely N-dealkylation sites (tertiary alicyclic amines) is 1. The Balaban J connectivity index is 2.48. The second-order valence-corrected chi connectivity index (χ2v) is 6.77. The Morgan fingerprint density at radius 2 is 2.05 bits per heavy atom.